The van der Waals surface area contributed by atoms with Crippen molar-refractivity contribution in [2.45, 2.75) is 11.8 Å². The lowest BCUT2D eigenvalue weighted by atomic mass is 10.2. The third kappa shape index (κ3) is 2.60. The van der Waals surface area contributed by atoms with E-state index in [0.717, 1.165) is 4.31 Å². The lowest BCUT2D eigenvalue weighted by Crippen LogP contribution is -2.27. The zero-order valence-corrected chi connectivity index (χ0v) is 12.0. The first-order valence-corrected chi connectivity index (χ1v) is 7.37. The van der Waals surface area contributed by atoms with Crippen LogP contribution in [0.25, 0.3) is 0 Å². The van der Waals surface area contributed by atoms with Gasteiger partial charge in [0.15, 0.2) is 0 Å². The number of nitrogen functional groups attached to an aromatic ring is 1. The van der Waals surface area contributed by atoms with E-state index in [9.17, 15) is 12.8 Å². The summed E-state index contributed by atoms with van der Waals surface area (Å²) in [5.41, 5.74) is 6.93. The molecule has 0 radical (unpaired) electrons. The molecule has 0 amide bonds. The van der Waals surface area contributed by atoms with Gasteiger partial charge in [0.1, 0.15) is 5.82 Å². The van der Waals surface area contributed by atoms with E-state index >= 15 is 0 Å². The largest absolute Gasteiger partial charge is 0.399 e. The average molecular weight is 294 g/mol. The van der Waals surface area contributed by atoms with Gasteiger partial charge >= 0.3 is 0 Å². The molecule has 0 aliphatic rings. The molecular weight excluding hydrogens is 279 g/mol. The minimum absolute atomic E-state index is 0.151. The second-order valence-corrected chi connectivity index (χ2v) is 6.42. The van der Waals surface area contributed by atoms with Crippen LogP contribution in [0.2, 0.25) is 0 Å². The zero-order chi connectivity index (χ0) is 14.9. The topological polar surface area (TPSA) is 63.4 Å². The smallest absolute Gasteiger partial charge is 0.264 e. The highest BCUT2D eigenvalue weighted by Crippen LogP contribution is 2.25. The normalized spacial score (nSPS) is 11.3. The zero-order valence-electron chi connectivity index (χ0n) is 11.2. The van der Waals surface area contributed by atoms with Gasteiger partial charge < -0.3 is 5.73 Å². The van der Waals surface area contributed by atoms with Crippen molar-refractivity contribution in [2.24, 2.45) is 0 Å². The monoisotopic (exact) mass is 294 g/mol. The number of hydrogen-bond acceptors (Lipinski definition) is 3. The first-order valence-electron chi connectivity index (χ1n) is 5.93. The van der Waals surface area contributed by atoms with Crippen LogP contribution in [-0.4, -0.2) is 15.5 Å². The lowest BCUT2D eigenvalue weighted by molar-refractivity contribution is 0.593. The van der Waals surface area contributed by atoms with Crippen LogP contribution in [0.5, 0.6) is 0 Å². The maximum absolute atomic E-state index is 13.2. The van der Waals surface area contributed by atoms with Gasteiger partial charge in [0, 0.05) is 12.7 Å². The third-order valence-electron chi connectivity index (χ3n) is 3.01. The molecule has 0 unspecified atom stereocenters. The molecule has 0 saturated heterocycles. The number of aryl methyl sites for hydroxylation is 1. The first kappa shape index (κ1) is 14.3. The molecule has 0 spiro atoms. The van der Waals surface area contributed by atoms with Crippen molar-refractivity contribution in [3.05, 3.63) is 53.8 Å². The molecule has 4 nitrogen and oxygen atoms in total. The molecular formula is C14H15FN2O2S. The van der Waals surface area contributed by atoms with Crippen LogP contribution in [0.4, 0.5) is 15.8 Å². The van der Waals surface area contributed by atoms with Gasteiger partial charge in [-0.1, -0.05) is 6.07 Å². The predicted molar refractivity (Wildman–Crippen MR) is 77.6 cm³/mol. The maximum Gasteiger partial charge on any atom is 0.264 e. The Labute approximate surface area is 117 Å². The van der Waals surface area contributed by atoms with Crippen molar-refractivity contribution < 1.29 is 12.8 Å². The Morgan fingerprint density at radius 2 is 1.85 bits per heavy atom. The molecule has 2 aromatic rings. The van der Waals surface area contributed by atoms with E-state index in [-0.39, 0.29) is 10.6 Å². The predicted octanol–water partition coefficient (Wildman–Crippen LogP) is 2.54. The van der Waals surface area contributed by atoms with Crippen molar-refractivity contribution in [1.29, 1.82) is 0 Å². The summed E-state index contributed by atoms with van der Waals surface area (Å²) in [5, 5.41) is 0. The number of nitrogens with two attached hydrogens (primary N) is 1. The van der Waals surface area contributed by atoms with Gasteiger partial charge in [-0.15, -0.1) is 0 Å². The molecule has 0 aromatic heterocycles. The Balaban J connectivity index is 2.49. The third-order valence-corrected chi connectivity index (χ3v) is 4.96. The highest BCUT2D eigenvalue weighted by molar-refractivity contribution is 7.92. The van der Waals surface area contributed by atoms with Gasteiger partial charge in [0.05, 0.1) is 10.6 Å². The van der Waals surface area contributed by atoms with Crippen molar-refractivity contribution in [1.82, 2.24) is 0 Å². The molecule has 6 heteroatoms. The van der Waals surface area contributed by atoms with Gasteiger partial charge in [-0.05, 0) is 48.9 Å². The van der Waals surface area contributed by atoms with Crippen LogP contribution in [-0.2, 0) is 10.0 Å². The fourth-order valence-electron chi connectivity index (χ4n) is 1.92. The molecule has 2 aromatic carbocycles. The van der Waals surface area contributed by atoms with E-state index in [1.54, 1.807) is 13.0 Å². The number of hydrogen-bond donors (Lipinski definition) is 1. The quantitative estimate of drug-likeness (QED) is 0.885. The Kier molecular flexibility index (Phi) is 3.67. The first-order chi connectivity index (χ1) is 9.32. The number of nitrogens with zero attached hydrogens (tertiary/aromatic N) is 1. The number of anilines is 2. The Morgan fingerprint density at radius 1 is 1.15 bits per heavy atom. The number of halogens is 1. The summed E-state index contributed by atoms with van der Waals surface area (Å²) in [4.78, 5) is 0.151. The number of rotatable bonds is 3. The van der Waals surface area contributed by atoms with E-state index in [0.29, 0.717) is 11.3 Å². The van der Waals surface area contributed by atoms with Gasteiger partial charge in [-0.3, -0.25) is 4.31 Å². The Morgan fingerprint density at radius 3 is 2.45 bits per heavy atom. The number of sulfonamides is 1. The maximum atomic E-state index is 13.2. The number of benzene rings is 2. The van der Waals surface area contributed by atoms with Crippen molar-refractivity contribution in [3.8, 4) is 0 Å². The summed E-state index contributed by atoms with van der Waals surface area (Å²) in [6.07, 6.45) is 0. The van der Waals surface area contributed by atoms with Gasteiger partial charge in [-0.2, -0.15) is 0 Å². The highest BCUT2D eigenvalue weighted by atomic mass is 32.2. The fraction of sp³-hybridized carbons (Fsp3) is 0.143. The molecule has 0 atom stereocenters. The molecule has 0 fully saturated rings. The van der Waals surface area contributed by atoms with Crippen molar-refractivity contribution >= 4 is 21.4 Å². The molecule has 0 heterocycles. The summed E-state index contributed by atoms with van der Waals surface area (Å²) in [6.45, 7) is 1.67. The minimum atomic E-state index is -3.75. The van der Waals surface area contributed by atoms with Gasteiger partial charge in [0.25, 0.3) is 10.0 Å². The van der Waals surface area contributed by atoms with Crippen molar-refractivity contribution in [3.63, 3.8) is 0 Å². The Bertz CT molecular complexity index is 745. The molecule has 106 valence electrons. The molecule has 0 bridgehead atoms. The summed E-state index contributed by atoms with van der Waals surface area (Å²) in [6, 6.07) is 10.0. The van der Waals surface area contributed by atoms with E-state index < -0.39 is 15.8 Å². The molecule has 2 rings (SSSR count). The standard InChI is InChI=1S/C14H15FN2O2S/c1-10-8-12(16)6-7-14(10)20(18,19)17(2)13-5-3-4-11(15)9-13/h3-9H,16H2,1-2H3. The van der Waals surface area contributed by atoms with E-state index in [2.05, 4.69) is 0 Å². The van der Waals surface area contributed by atoms with Crippen molar-refractivity contribution in [2.75, 3.05) is 17.1 Å². The summed E-state index contributed by atoms with van der Waals surface area (Å²) in [5.74, 6) is -0.487. The van der Waals surface area contributed by atoms with Crippen LogP contribution >= 0.6 is 0 Å². The van der Waals surface area contributed by atoms with E-state index in [1.807, 2.05) is 0 Å². The average Bonchev–Trinajstić information content (AvgIpc) is 2.37. The molecule has 0 aliphatic heterocycles. The second-order valence-electron chi connectivity index (χ2n) is 4.48. The summed E-state index contributed by atoms with van der Waals surface area (Å²) in [7, 11) is -2.36. The summed E-state index contributed by atoms with van der Waals surface area (Å²) < 4.78 is 39.3. The molecule has 20 heavy (non-hydrogen) atoms. The molecule has 2 N–H and O–H groups in total. The van der Waals surface area contributed by atoms with Crippen LogP contribution in [0.15, 0.2) is 47.4 Å². The fourth-order valence-corrected chi connectivity index (χ4v) is 3.31. The SMILES string of the molecule is Cc1cc(N)ccc1S(=O)(=O)N(C)c1cccc(F)c1. The van der Waals surface area contributed by atoms with Crippen LogP contribution < -0.4 is 10.0 Å². The minimum Gasteiger partial charge on any atom is -0.399 e. The summed E-state index contributed by atoms with van der Waals surface area (Å²) >= 11 is 0. The second kappa shape index (κ2) is 5.13. The molecule has 0 saturated carbocycles. The lowest BCUT2D eigenvalue weighted by Gasteiger charge is -2.20. The van der Waals surface area contributed by atoms with Gasteiger partial charge in [-0.25, -0.2) is 12.8 Å². The van der Waals surface area contributed by atoms with E-state index in [1.165, 1.54) is 43.4 Å². The van der Waals surface area contributed by atoms with Crippen LogP contribution in [0, 0.1) is 12.7 Å². The Hall–Kier alpha value is -2.08. The van der Waals surface area contributed by atoms with Gasteiger partial charge in [0.2, 0.25) is 0 Å². The van der Waals surface area contributed by atoms with Crippen LogP contribution in [0.3, 0.4) is 0 Å². The highest BCUT2D eigenvalue weighted by Gasteiger charge is 2.23. The molecule has 0 aliphatic carbocycles. The van der Waals surface area contributed by atoms with E-state index in [4.69, 9.17) is 5.73 Å². The van der Waals surface area contributed by atoms with Crippen LogP contribution in [0.1, 0.15) is 5.56 Å².